The van der Waals surface area contributed by atoms with Crippen molar-refractivity contribution in [3.63, 3.8) is 0 Å². The third kappa shape index (κ3) is 5.31. The van der Waals surface area contributed by atoms with Gasteiger partial charge in [0.15, 0.2) is 0 Å². The molecule has 1 aliphatic rings. The van der Waals surface area contributed by atoms with Crippen LogP contribution < -0.4 is 5.32 Å². The van der Waals surface area contributed by atoms with Crippen molar-refractivity contribution in [3.05, 3.63) is 0 Å². The summed E-state index contributed by atoms with van der Waals surface area (Å²) in [6.07, 6.45) is 9.51. The Bertz CT molecular complexity index is 143. The summed E-state index contributed by atoms with van der Waals surface area (Å²) in [7, 11) is 0. The van der Waals surface area contributed by atoms with Gasteiger partial charge < -0.3 is 10.2 Å². The Morgan fingerprint density at radius 2 is 1.69 bits per heavy atom. The highest BCUT2D eigenvalue weighted by Gasteiger charge is 2.18. The van der Waals surface area contributed by atoms with Gasteiger partial charge in [-0.15, -0.1) is 0 Å². The maximum Gasteiger partial charge on any atom is 0.0108 e. The standard InChI is InChI=1S/C14H30N2/c1-3-5-12-16(13-6-4-2)14-8-7-10-15-11-9-14/h14-15H,3-13H2,1-2H3. The Balaban J connectivity index is 2.37. The van der Waals surface area contributed by atoms with E-state index < -0.39 is 0 Å². The van der Waals surface area contributed by atoms with Crippen LogP contribution in [-0.4, -0.2) is 37.1 Å². The normalized spacial score (nSPS) is 22.3. The summed E-state index contributed by atoms with van der Waals surface area (Å²) >= 11 is 0. The summed E-state index contributed by atoms with van der Waals surface area (Å²) in [4.78, 5) is 2.76. The van der Waals surface area contributed by atoms with E-state index in [1.807, 2.05) is 0 Å². The van der Waals surface area contributed by atoms with E-state index in [9.17, 15) is 0 Å². The molecule has 0 spiro atoms. The topological polar surface area (TPSA) is 15.3 Å². The molecule has 0 amide bonds. The van der Waals surface area contributed by atoms with Crippen molar-refractivity contribution < 1.29 is 0 Å². The molecule has 0 saturated carbocycles. The number of hydrogen-bond acceptors (Lipinski definition) is 2. The highest BCUT2D eigenvalue weighted by molar-refractivity contribution is 4.76. The molecule has 96 valence electrons. The number of unbranched alkanes of at least 4 members (excludes halogenated alkanes) is 2. The molecule has 1 heterocycles. The predicted molar refractivity (Wildman–Crippen MR) is 71.9 cm³/mol. The first-order valence-corrected chi connectivity index (χ1v) is 7.33. The highest BCUT2D eigenvalue weighted by atomic mass is 15.2. The molecule has 0 bridgehead atoms. The van der Waals surface area contributed by atoms with Crippen molar-refractivity contribution in [1.29, 1.82) is 0 Å². The number of nitrogens with zero attached hydrogens (tertiary/aromatic N) is 1. The molecule has 0 radical (unpaired) electrons. The van der Waals surface area contributed by atoms with E-state index in [1.165, 1.54) is 71.1 Å². The van der Waals surface area contributed by atoms with Gasteiger partial charge in [-0.3, -0.25) is 0 Å². The Morgan fingerprint density at radius 1 is 1.00 bits per heavy atom. The summed E-state index contributed by atoms with van der Waals surface area (Å²) in [6, 6.07) is 0.855. The van der Waals surface area contributed by atoms with Crippen molar-refractivity contribution in [2.75, 3.05) is 26.2 Å². The van der Waals surface area contributed by atoms with E-state index in [0.717, 1.165) is 6.04 Å². The van der Waals surface area contributed by atoms with Gasteiger partial charge in [-0.2, -0.15) is 0 Å². The van der Waals surface area contributed by atoms with Crippen molar-refractivity contribution in [2.24, 2.45) is 0 Å². The van der Waals surface area contributed by atoms with Crippen molar-refractivity contribution in [1.82, 2.24) is 10.2 Å². The van der Waals surface area contributed by atoms with E-state index in [-0.39, 0.29) is 0 Å². The zero-order chi connectivity index (χ0) is 11.6. The summed E-state index contributed by atoms with van der Waals surface area (Å²) in [5, 5.41) is 3.52. The van der Waals surface area contributed by atoms with Crippen molar-refractivity contribution in [3.8, 4) is 0 Å². The van der Waals surface area contributed by atoms with Crippen LogP contribution in [0.1, 0.15) is 58.8 Å². The smallest absolute Gasteiger partial charge is 0.0108 e. The molecule has 1 fully saturated rings. The third-order valence-corrected chi connectivity index (χ3v) is 3.66. The van der Waals surface area contributed by atoms with Gasteiger partial charge in [-0.1, -0.05) is 26.7 Å². The molecule has 2 nitrogen and oxygen atoms in total. The first-order chi connectivity index (χ1) is 7.88. The average Bonchev–Trinajstić information content (AvgIpc) is 2.58. The van der Waals surface area contributed by atoms with Gasteiger partial charge in [-0.25, -0.2) is 0 Å². The minimum absolute atomic E-state index is 0.855. The van der Waals surface area contributed by atoms with Crippen LogP contribution in [0.15, 0.2) is 0 Å². The lowest BCUT2D eigenvalue weighted by molar-refractivity contribution is 0.176. The lowest BCUT2D eigenvalue weighted by atomic mass is 10.1. The van der Waals surface area contributed by atoms with Crippen LogP contribution in [0.25, 0.3) is 0 Å². The number of nitrogens with one attached hydrogen (secondary N) is 1. The van der Waals surface area contributed by atoms with Crippen molar-refractivity contribution in [2.45, 2.75) is 64.8 Å². The van der Waals surface area contributed by atoms with Gasteiger partial charge in [0.25, 0.3) is 0 Å². The molecule has 1 rings (SSSR count). The van der Waals surface area contributed by atoms with Crippen molar-refractivity contribution >= 4 is 0 Å². The van der Waals surface area contributed by atoms with Gasteiger partial charge in [0.1, 0.15) is 0 Å². The molecular formula is C14H30N2. The quantitative estimate of drug-likeness (QED) is 0.718. The van der Waals surface area contributed by atoms with Gasteiger partial charge in [0.2, 0.25) is 0 Å². The molecule has 1 atom stereocenters. The molecule has 0 aromatic heterocycles. The maximum atomic E-state index is 3.52. The monoisotopic (exact) mass is 226 g/mol. The molecule has 16 heavy (non-hydrogen) atoms. The third-order valence-electron chi connectivity index (χ3n) is 3.66. The molecule has 1 unspecified atom stereocenters. The molecule has 1 N–H and O–H groups in total. The summed E-state index contributed by atoms with van der Waals surface area (Å²) in [5.41, 5.74) is 0. The summed E-state index contributed by atoms with van der Waals surface area (Å²) in [5.74, 6) is 0. The molecule has 0 aliphatic carbocycles. The first kappa shape index (κ1) is 14.0. The summed E-state index contributed by atoms with van der Waals surface area (Å²) < 4.78 is 0. The minimum atomic E-state index is 0.855. The summed E-state index contributed by atoms with van der Waals surface area (Å²) in [6.45, 7) is 9.69. The molecule has 1 aliphatic heterocycles. The van der Waals surface area contributed by atoms with Crippen LogP contribution in [-0.2, 0) is 0 Å². The van der Waals surface area contributed by atoms with E-state index in [2.05, 4.69) is 24.1 Å². The second kappa shape index (κ2) is 9.00. The molecule has 2 heteroatoms. The van der Waals surface area contributed by atoms with Crippen LogP contribution in [0.5, 0.6) is 0 Å². The number of hydrogen-bond donors (Lipinski definition) is 1. The predicted octanol–water partition coefficient (Wildman–Crippen LogP) is 3.03. The van der Waals surface area contributed by atoms with E-state index in [1.54, 1.807) is 0 Å². The minimum Gasteiger partial charge on any atom is -0.317 e. The Morgan fingerprint density at radius 3 is 2.31 bits per heavy atom. The maximum absolute atomic E-state index is 3.52. The van der Waals surface area contributed by atoms with Gasteiger partial charge >= 0.3 is 0 Å². The fraction of sp³-hybridized carbons (Fsp3) is 1.00. The fourth-order valence-electron chi connectivity index (χ4n) is 2.57. The van der Waals surface area contributed by atoms with E-state index in [0.29, 0.717) is 0 Å². The first-order valence-electron chi connectivity index (χ1n) is 7.33. The van der Waals surface area contributed by atoms with Gasteiger partial charge in [0, 0.05) is 6.04 Å². The lowest BCUT2D eigenvalue weighted by Gasteiger charge is -2.31. The lowest BCUT2D eigenvalue weighted by Crippen LogP contribution is -2.37. The van der Waals surface area contributed by atoms with Gasteiger partial charge in [-0.05, 0) is 58.3 Å². The van der Waals surface area contributed by atoms with E-state index in [4.69, 9.17) is 0 Å². The van der Waals surface area contributed by atoms with Crippen LogP contribution in [0.4, 0.5) is 0 Å². The highest BCUT2D eigenvalue weighted by Crippen LogP contribution is 2.15. The Kier molecular flexibility index (Phi) is 7.87. The van der Waals surface area contributed by atoms with Gasteiger partial charge in [0.05, 0.1) is 0 Å². The molecule has 0 aromatic rings. The Labute approximate surface area is 102 Å². The second-order valence-corrected chi connectivity index (χ2v) is 5.08. The van der Waals surface area contributed by atoms with Crippen LogP contribution in [0.2, 0.25) is 0 Å². The van der Waals surface area contributed by atoms with Crippen LogP contribution >= 0.6 is 0 Å². The number of rotatable bonds is 7. The van der Waals surface area contributed by atoms with Crippen LogP contribution in [0, 0.1) is 0 Å². The second-order valence-electron chi connectivity index (χ2n) is 5.08. The van der Waals surface area contributed by atoms with E-state index >= 15 is 0 Å². The molecule has 1 saturated heterocycles. The fourth-order valence-corrected chi connectivity index (χ4v) is 2.57. The molecular weight excluding hydrogens is 196 g/mol. The Hall–Kier alpha value is -0.0800. The molecule has 0 aromatic carbocycles. The SMILES string of the molecule is CCCCN(CCCC)C1CCCNCC1. The van der Waals surface area contributed by atoms with Crippen LogP contribution in [0.3, 0.4) is 0 Å². The largest absolute Gasteiger partial charge is 0.317 e. The average molecular weight is 226 g/mol. The zero-order valence-corrected chi connectivity index (χ0v) is 11.3. The zero-order valence-electron chi connectivity index (χ0n) is 11.3.